The summed E-state index contributed by atoms with van der Waals surface area (Å²) in [6, 6.07) is 6.60. The predicted molar refractivity (Wildman–Crippen MR) is 73.2 cm³/mol. The first-order chi connectivity index (χ1) is 9.62. The molecule has 8 heteroatoms. The lowest BCUT2D eigenvalue weighted by Crippen LogP contribution is -2.13. The van der Waals surface area contributed by atoms with Gasteiger partial charge in [-0.05, 0) is 24.3 Å². The molecular weight excluding hydrogens is 282 g/mol. The van der Waals surface area contributed by atoms with Crippen molar-refractivity contribution in [1.82, 2.24) is 9.97 Å². The average Bonchev–Trinajstić information content (AvgIpc) is 2.95. The standard InChI is InChI=1S/C12H15N3O4S/c1-18-6-7-19-11-4-2-10(3-5-11)15-20(16,17)12-8-13-9-14-12/h2-5,8-9,15H,6-7H2,1H3,(H,13,14). The number of ether oxygens (including phenoxy) is 2. The topological polar surface area (TPSA) is 93.3 Å². The van der Waals surface area contributed by atoms with Gasteiger partial charge >= 0.3 is 0 Å². The van der Waals surface area contributed by atoms with Crippen molar-refractivity contribution in [3.8, 4) is 5.75 Å². The molecule has 0 aliphatic heterocycles. The van der Waals surface area contributed by atoms with Crippen molar-refractivity contribution < 1.29 is 17.9 Å². The summed E-state index contributed by atoms with van der Waals surface area (Å²) >= 11 is 0. The van der Waals surface area contributed by atoms with E-state index in [1.165, 1.54) is 12.5 Å². The van der Waals surface area contributed by atoms with E-state index in [2.05, 4.69) is 14.7 Å². The number of aromatic nitrogens is 2. The van der Waals surface area contributed by atoms with Gasteiger partial charge in [0, 0.05) is 12.8 Å². The molecule has 0 bridgehead atoms. The normalized spacial score (nSPS) is 11.2. The Labute approximate surface area is 117 Å². The summed E-state index contributed by atoms with van der Waals surface area (Å²) in [6.07, 6.45) is 2.55. The molecule has 2 aromatic rings. The average molecular weight is 297 g/mol. The summed E-state index contributed by atoms with van der Waals surface area (Å²) in [6.45, 7) is 0.934. The zero-order valence-electron chi connectivity index (χ0n) is 10.9. The fourth-order valence-electron chi connectivity index (χ4n) is 1.46. The number of imidazole rings is 1. The van der Waals surface area contributed by atoms with Gasteiger partial charge in [0.25, 0.3) is 10.0 Å². The predicted octanol–water partition coefficient (Wildman–Crippen LogP) is 1.24. The van der Waals surface area contributed by atoms with Gasteiger partial charge in [0.15, 0.2) is 5.03 Å². The number of hydrogen-bond donors (Lipinski definition) is 2. The van der Waals surface area contributed by atoms with Gasteiger partial charge in [0.05, 0.1) is 19.1 Å². The van der Waals surface area contributed by atoms with E-state index in [-0.39, 0.29) is 5.03 Å². The van der Waals surface area contributed by atoms with Crippen molar-refractivity contribution in [2.24, 2.45) is 0 Å². The molecule has 0 aliphatic rings. The zero-order valence-corrected chi connectivity index (χ0v) is 11.7. The van der Waals surface area contributed by atoms with Crippen LogP contribution >= 0.6 is 0 Å². The van der Waals surface area contributed by atoms with Gasteiger partial charge in [-0.3, -0.25) is 4.72 Å². The second-order valence-electron chi connectivity index (χ2n) is 3.89. The molecule has 20 heavy (non-hydrogen) atoms. The number of benzene rings is 1. The molecule has 0 radical (unpaired) electrons. The Morgan fingerprint density at radius 3 is 2.60 bits per heavy atom. The minimum atomic E-state index is -3.63. The number of rotatable bonds is 7. The Hall–Kier alpha value is -2.06. The maximum Gasteiger partial charge on any atom is 0.278 e. The molecule has 0 saturated heterocycles. The summed E-state index contributed by atoms with van der Waals surface area (Å²) in [5.41, 5.74) is 0.443. The van der Waals surface area contributed by atoms with Gasteiger partial charge in [-0.1, -0.05) is 0 Å². The van der Waals surface area contributed by atoms with Crippen LogP contribution in [-0.4, -0.2) is 38.7 Å². The number of methoxy groups -OCH3 is 1. The third-order valence-corrected chi connectivity index (χ3v) is 3.73. The Morgan fingerprint density at radius 1 is 1.25 bits per heavy atom. The first kappa shape index (κ1) is 14.4. The minimum Gasteiger partial charge on any atom is -0.491 e. The molecular formula is C12H15N3O4S. The van der Waals surface area contributed by atoms with Crippen molar-refractivity contribution in [3.05, 3.63) is 36.8 Å². The molecule has 1 aromatic carbocycles. The summed E-state index contributed by atoms with van der Waals surface area (Å²) < 4.78 is 36.5. The van der Waals surface area contributed by atoms with Crippen LogP contribution in [0.5, 0.6) is 5.75 Å². The van der Waals surface area contributed by atoms with E-state index in [1.807, 2.05) is 0 Å². The summed E-state index contributed by atoms with van der Waals surface area (Å²) in [4.78, 5) is 6.22. The Bertz CT molecular complexity index is 623. The van der Waals surface area contributed by atoms with Crippen LogP contribution in [0.3, 0.4) is 0 Å². The molecule has 0 saturated carbocycles. The van der Waals surface area contributed by atoms with E-state index < -0.39 is 10.0 Å². The smallest absolute Gasteiger partial charge is 0.278 e. The van der Waals surface area contributed by atoms with Gasteiger partial charge in [-0.15, -0.1) is 0 Å². The van der Waals surface area contributed by atoms with Crippen LogP contribution < -0.4 is 9.46 Å². The number of hydrogen-bond acceptors (Lipinski definition) is 5. The molecule has 0 aliphatic carbocycles. The lowest BCUT2D eigenvalue weighted by Gasteiger charge is -2.08. The molecule has 0 atom stereocenters. The van der Waals surface area contributed by atoms with Crippen molar-refractivity contribution in [2.45, 2.75) is 5.03 Å². The van der Waals surface area contributed by atoms with E-state index in [9.17, 15) is 8.42 Å². The Kier molecular flexibility index (Phi) is 4.59. The third-order valence-electron chi connectivity index (χ3n) is 2.43. The fourth-order valence-corrected chi connectivity index (χ4v) is 2.43. The van der Waals surface area contributed by atoms with Crippen LogP contribution in [0.4, 0.5) is 5.69 Å². The number of nitrogens with one attached hydrogen (secondary N) is 2. The lowest BCUT2D eigenvalue weighted by molar-refractivity contribution is 0.146. The van der Waals surface area contributed by atoms with Crippen LogP contribution in [0, 0.1) is 0 Å². The minimum absolute atomic E-state index is 0.0120. The highest BCUT2D eigenvalue weighted by molar-refractivity contribution is 7.92. The molecule has 0 unspecified atom stereocenters. The van der Waals surface area contributed by atoms with Gasteiger partial charge in [-0.25, -0.2) is 4.98 Å². The van der Waals surface area contributed by atoms with E-state index in [0.717, 1.165) is 0 Å². The molecule has 108 valence electrons. The van der Waals surface area contributed by atoms with Crippen LogP contribution in [-0.2, 0) is 14.8 Å². The summed E-state index contributed by atoms with van der Waals surface area (Å²) in [7, 11) is -2.04. The highest BCUT2D eigenvalue weighted by atomic mass is 32.2. The molecule has 2 N–H and O–H groups in total. The Morgan fingerprint density at radius 2 is 2.00 bits per heavy atom. The van der Waals surface area contributed by atoms with E-state index in [4.69, 9.17) is 9.47 Å². The number of nitrogens with zero attached hydrogens (tertiary/aromatic N) is 1. The maximum absolute atomic E-state index is 11.9. The van der Waals surface area contributed by atoms with Crippen molar-refractivity contribution in [3.63, 3.8) is 0 Å². The molecule has 0 fully saturated rings. The van der Waals surface area contributed by atoms with E-state index in [0.29, 0.717) is 24.7 Å². The van der Waals surface area contributed by atoms with Crippen LogP contribution in [0.1, 0.15) is 0 Å². The van der Waals surface area contributed by atoms with Crippen LogP contribution in [0.25, 0.3) is 0 Å². The summed E-state index contributed by atoms with van der Waals surface area (Å²) in [5, 5.41) is 0.0120. The van der Waals surface area contributed by atoms with Crippen molar-refractivity contribution in [2.75, 3.05) is 25.0 Å². The molecule has 2 rings (SSSR count). The third kappa shape index (κ3) is 3.72. The maximum atomic E-state index is 11.9. The van der Waals surface area contributed by atoms with Crippen LogP contribution in [0.2, 0.25) is 0 Å². The molecule has 1 aromatic heterocycles. The van der Waals surface area contributed by atoms with Gasteiger partial charge < -0.3 is 14.5 Å². The lowest BCUT2D eigenvalue weighted by atomic mass is 10.3. The second-order valence-corrected chi connectivity index (χ2v) is 5.54. The van der Waals surface area contributed by atoms with E-state index in [1.54, 1.807) is 31.4 Å². The largest absolute Gasteiger partial charge is 0.491 e. The first-order valence-corrected chi connectivity index (χ1v) is 7.33. The molecule has 0 amide bonds. The number of sulfonamides is 1. The zero-order chi connectivity index (χ0) is 14.4. The first-order valence-electron chi connectivity index (χ1n) is 5.85. The van der Waals surface area contributed by atoms with Gasteiger partial charge in [0.2, 0.25) is 0 Å². The number of aromatic amines is 1. The van der Waals surface area contributed by atoms with Crippen molar-refractivity contribution in [1.29, 1.82) is 0 Å². The highest BCUT2D eigenvalue weighted by Gasteiger charge is 2.15. The highest BCUT2D eigenvalue weighted by Crippen LogP contribution is 2.18. The number of H-pyrrole nitrogens is 1. The SMILES string of the molecule is COCCOc1ccc(NS(=O)(=O)c2cnc[nH]2)cc1. The summed E-state index contributed by atoms with van der Waals surface area (Å²) in [5.74, 6) is 0.645. The fraction of sp³-hybridized carbons (Fsp3) is 0.250. The van der Waals surface area contributed by atoms with Gasteiger partial charge in [0.1, 0.15) is 12.4 Å². The second kappa shape index (κ2) is 6.40. The molecule has 0 spiro atoms. The van der Waals surface area contributed by atoms with Crippen LogP contribution in [0.15, 0.2) is 41.8 Å². The van der Waals surface area contributed by atoms with E-state index >= 15 is 0 Å². The molecule has 1 heterocycles. The van der Waals surface area contributed by atoms with Crippen molar-refractivity contribution >= 4 is 15.7 Å². The van der Waals surface area contributed by atoms with Gasteiger partial charge in [-0.2, -0.15) is 8.42 Å². The quantitative estimate of drug-likeness (QED) is 0.750. The monoisotopic (exact) mass is 297 g/mol. The number of anilines is 1. The molecule has 7 nitrogen and oxygen atoms in total. The Balaban J connectivity index is 2.00.